The minimum Gasteiger partial charge on any atom is -0.478 e. The standard InChI is InChI=1S/C31H37Cl2N3O5/c1-20-7-10-24(18-26(20)41-30(2,3)28(38)39)34-15-12-31(13-16-34)27(37)35(19-21-5-4-6-21)29(40)36(31)14-11-22-8-9-23(32)17-25(22)33/h7-10,17-18,21H,4-6,11-16,19H2,1-3H3,(H,38,39). The van der Waals surface area contributed by atoms with E-state index >= 15 is 0 Å². The highest BCUT2D eigenvalue weighted by atomic mass is 35.5. The molecule has 10 heteroatoms. The summed E-state index contributed by atoms with van der Waals surface area (Å²) in [5.41, 5.74) is 0.350. The van der Waals surface area contributed by atoms with Crippen LogP contribution in [-0.2, 0) is 16.0 Å². The molecule has 2 aromatic carbocycles. The second-order valence-corrected chi connectivity index (χ2v) is 12.9. The number of halogens is 2. The molecule has 3 aliphatic rings. The van der Waals surface area contributed by atoms with Crippen molar-refractivity contribution in [2.45, 2.75) is 70.4 Å². The van der Waals surface area contributed by atoms with Crippen LogP contribution in [0.4, 0.5) is 10.5 Å². The van der Waals surface area contributed by atoms with Crippen LogP contribution in [-0.4, -0.2) is 70.1 Å². The number of aryl methyl sites for hydroxylation is 1. The molecule has 8 nitrogen and oxygen atoms in total. The monoisotopic (exact) mass is 601 g/mol. The summed E-state index contributed by atoms with van der Waals surface area (Å²) >= 11 is 12.5. The Hall–Kier alpha value is -2.97. The van der Waals surface area contributed by atoms with Crippen LogP contribution in [0.15, 0.2) is 36.4 Å². The Morgan fingerprint density at radius 2 is 1.80 bits per heavy atom. The third-order valence-corrected chi connectivity index (χ3v) is 9.50. The number of carboxylic acids is 1. The van der Waals surface area contributed by atoms with Crippen molar-refractivity contribution in [3.63, 3.8) is 0 Å². The Morgan fingerprint density at radius 3 is 2.41 bits per heavy atom. The molecule has 1 aliphatic carbocycles. The quantitative estimate of drug-likeness (QED) is 0.345. The van der Waals surface area contributed by atoms with E-state index in [1.165, 1.54) is 18.7 Å². The third kappa shape index (κ3) is 5.73. The Bertz CT molecular complexity index is 1350. The highest BCUT2D eigenvalue weighted by Crippen LogP contribution is 2.41. The Labute approximate surface area is 251 Å². The summed E-state index contributed by atoms with van der Waals surface area (Å²) in [4.78, 5) is 44.8. The van der Waals surface area contributed by atoms with Crippen molar-refractivity contribution in [1.82, 2.24) is 9.80 Å². The molecule has 3 fully saturated rings. The maximum Gasteiger partial charge on any atom is 0.347 e. The SMILES string of the molecule is Cc1ccc(N2CCC3(CC2)C(=O)N(CC2CCC2)C(=O)N3CCc2ccc(Cl)cc2Cl)cc1OC(C)(C)C(=O)O. The minimum atomic E-state index is -1.37. The highest BCUT2D eigenvalue weighted by Gasteiger charge is 2.58. The number of benzene rings is 2. The smallest absolute Gasteiger partial charge is 0.347 e. The van der Waals surface area contributed by atoms with Gasteiger partial charge in [0.05, 0.1) is 0 Å². The molecule has 0 atom stereocenters. The molecule has 2 aliphatic heterocycles. The summed E-state index contributed by atoms with van der Waals surface area (Å²) in [6.07, 6.45) is 4.76. The number of amides is 3. The second-order valence-electron chi connectivity index (χ2n) is 12.0. The Kier molecular flexibility index (Phi) is 8.18. The molecule has 3 amide bonds. The molecule has 41 heavy (non-hydrogen) atoms. The zero-order valence-corrected chi connectivity index (χ0v) is 25.3. The van der Waals surface area contributed by atoms with Crippen molar-refractivity contribution in [2.75, 3.05) is 31.1 Å². The average Bonchev–Trinajstić information content (AvgIpc) is 3.07. The van der Waals surface area contributed by atoms with E-state index in [0.717, 1.165) is 36.1 Å². The van der Waals surface area contributed by atoms with E-state index in [9.17, 15) is 19.5 Å². The number of nitrogens with zero attached hydrogens (tertiary/aromatic N) is 3. The van der Waals surface area contributed by atoms with E-state index in [0.29, 0.717) is 67.2 Å². The molecule has 0 radical (unpaired) electrons. The first-order valence-corrected chi connectivity index (χ1v) is 15.0. The molecule has 2 saturated heterocycles. The lowest BCUT2D eigenvalue weighted by atomic mass is 9.83. The summed E-state index contributed by atoms with van der Waals surface area (Å²) in [5, 5.41) is 10.6. The number of carboxylic acid groups (broad SMARTS) is 1. The minimum absolute atomic E-state index is 0.0904. The van der Waals surface area contributed by atoms with Crippen molar-refractivity contribution in [1.29, 1.82) is 0 Å². The van der Waals surface area contributed by atoms with Gasteiger partial charge in [-0.3, -0.25) is 9.69 Å². The van der Waals surface area contributed by atoms with Gasteiger partial charge in [-0.15, -0.1) is 0 Å². The van der Waals surface area contributed by atoms with Crippen LogP contribution < -0.4 is 9.64 Å². The van der Waals surface area contributed by atoms with Crippen LogP contribution in [0.25, 0.3) is 0 Å². The molecule has 2 aromatic rings. The van der Waals surface area contributed by atoms with Gasteiger partial charge in [0.1, 0.15) is 11.3 Å². The van der Waals surface area contributed by atoms with Gasteiger partial charge < -0.3 is 19.6 Å². The van der Waals surface area contributed by atoms with E-state index in [4.69, 9.17) is 27.9 Å². The Balaban J connectivity index is 1.36. The first-order chi connectivity index (χ1) is 19.4. The molecule has 0 unspecified atom stereocenters. The number of carbonyl (C=O) groups is 3. The number of imide groups is 1. The number of rotatable bonds is 9. The molecular weight excluding hydrogens is 565 g/mol. The summed E-state index contributed by atoms with van der Waals surface area (Å²) in [6.45, 7) is 6.94. The summed E-state index contributed by atoms with van der Waals surface area (Å²) in [7, 11) is 0. The van der Waals surface area contributed by atoms with E-state index in [1.807, 2.05) is 31.2 Å². The largest absolute Gasteiger partial charge is 0.478 e. The normalized spacial score (nSPS) is 19.2. The number of hydrogen-bond acceptors (Lipinski definition) is 5. The van der Waals surface area contributed by atoms with E-state index < -0.39 is 17.1 Å². The van der Waals surface area contributed by atoms with Crippen molar-refractivity contribution in [3.8, 4) is 5.75 Å². The maximum atomic E-state index is 14.0. The summed E-state index contributed by atoms with van der Waals surface area (Å²) in [5.74, 6) is -0.243. The van der Waals surface area contributed by atoms with Crippen LogP contribution in [0.1, 0.15) is 57.1 Å². The van der Waals surface area contributed by atoms with Crippen LogP contribution >= 0.6 is 23.2 Å². The van der Waals surface area contributed by atoms with Gasteiger partial charge in [-0.2, -0.15) is 0 Å². The van der Waals surface area contributed by atoms with Gasteiger partial charge in [0.25, 0.3) is 5.91 Å². The van der Waals surface area contributed by atoms with E-state index in [2.05, 4.69) is 4.90 Å². The first-order valence-electron chi connectivity index (χ1n) is 14.3. The van der Waals surface area contributed by atoms with Crippen LogP contribution in [0.3, 0.4) is 0 Å². The van der Waals surface area contributed by atoms with Crippen LogP contribution in [0.2, 0.25) is 10.0 Å². The second kappa shape index (κ2) is 11.4. The molecule has 0 bridgehead atoms. The van der Waals surface area contributed by atoms with E-state index in [1.54, 1.807) is 17.0 Å². The predicted molar refractivity (Wildman–Crippen MR) is 159 cm³/mol. The number of aliphatic carboxylic acids is 1. The van der Waals surface area contributed by atoms with Crippen molar-refractivity contribution < 1.29 is 24.2 Å². The van der Waals surface area contributed by atoms with Crippen molar-refractivity contribution in [3.05, 3.63) is 57.6 Å². The summed E-state index contributed by atoms with van der Waals surface area (Å²) in [6, 6.07) is 10.9. The maximum absolute atomic E-state index is 14.0. The van der Waals surface area contributed by atoms with Gasteiger partial charge in [0.2, 0.25) is 0 Å². The fraction of sp³-hybridized carbons (Fsp3) is 0.516. The molecule has 1 N–H and O–H groups in total. The van der Waals surface area contributed by atoms with Crippen LogP contribution in [0, 0.1) is 12.8 Å². The number of ether oxygens (including phenoxy) is 1. The molecule has 1 spiro atoms. The fourth-order valence-corrected chi connectivity index (χ4v) is 6.48. The van der Waals surface area contributed by atoms with Gasteiger partial charge >= 0.3 is 12.0 Å². The van der Waals surface area contributed by atoms with Gasteiger partial charge in [0, 0.05) is 48.0 Å². The molecule has 220 valence electrons. The number of carbonyl (C=O) groups excluding carboxylic acids is 2. The van der Waals surface area contributed by atoms with Gasteiger partial charge in [-0.05, 0) is 88.1 Å². The molecule has 2 heterocycles. The average molecular weight is 603 g/mol. The lowest BCUT2D eigenvalue weighted by molar-refractivity contribution is -0.152. The predicted octanol–water partition coefficient (Wildman–Crippen LogP) is 6.19. The van der Waals surface area contributed by atoms with Crippen molar-refractivity contribution in [2.24, 2.45) is 5.92 Å². The number of anilines is 1. The molecule has 0 aromatic heterocycles. The number of hydrogen-bond donors (Lipinski definition) is 1. The highest BCUT2D eigenvalue weighted by molar-refractivity contribution is 6.35. The summed E-state index contributed by atoms with van der Waals surface area (Å²) < 4.78 is 5.87. The van der Waals surface area contributed by atoms with Crippen LogP contribution in [0.5, 0.6) is 5.75 Å². The van der Waals surface area contributed by atoms with Crippen molar-refractivity contribution >= 4 is 46.8 Å². The van der Waals surface area contributed by atoms with Gasteiger partial charge in [0.15, 0.2) is 5.60 Å². The zero-order valence-electron chi connectivity index (χ0n) is 23.8. The fourth-order valence-electron chi connectivity index (χ4n) is 5.98. The van der Waals surface area contributed by atoms with Gasteiger partial charge in [-0.1, -0.05) is 41.8 Å². The lowest BCUT2D eigenvalue weighted by Crippen LogP contribution is -2.57. The first kappa shape index (κ1) is 29.5. The molecule has 1 saturated carbocycles. The number of urea groups is 1. The third-order valence-electron chi connectivity index (χ3n) is 8.91. The zero-order chi connectivity index (χ0) is 29.5. The Morgan fingerprint density at radius 1 is 1.10 bits per heavy atom. The number of piperidine rings is 1. The molecule has 5 rings (SSSR count). The lowest BCUT2D eigenvalue weighted by Gasteiger charge is -2.43. The van der Waals surface area contributed by atoms with E-state index in [-0.39, 0.29) is 11.9 Å². The van der Waals surface area contributed by atoms with Gasteiger partial charge in [-0.25, -0.2) is 9.59 Å². The topological polar surface area (TPSA) is 90.4 Å². The molecular formula is C31H37Cl2N3O5.